The third-order valence-electron chi connectivity index (χ3n) is 1.95. The summed E-state index contributed by atoms with van der Waals surface area (Å²) in [5.74, 6) is 0. The molecule has 1 aromatic heterocycles. The molecule has 0 bridgehead atoms. The van der Waals surface area contributed by atoms with Gasteiger partial charge in [0.1, 0.15) is 0 Å². The Morgan fingerprint density at radius 3 is 2.73 bits per heavy atom. The van der Waals surface area contributed by atoms with Gasteiger partial charge in [0.2, 0.25) is 0 Å². The molecule has 6 heteroatoms. The van der Waals surface area contributed by atoms with Crippen LogP contribution in [0, 0.1) is 10.1 Å². The first-order valence-corrected chi connectivity index (χ1v) is 4.20. The molecule has 1 N–H and O–H groups in total. The van der Waals surface area contributed by atoms with E-state index in [9.17, 15) is 14.9 Å². The van der Waals surface area contributed by atoms with Crippen molar-refractivity contribution in [2.24, 2.45) is 0 Å². The average Bonchev–Trinajstić information content (AvgIpc) is 2.64. The number of rotatable bonds is 2. The highest BCUT2D eigenvalue weighted by molar-refractivity contribution is 5.42. The van der Waals surface area contributed by atoms with Gasteiger partial charge in [0, 0.05) is 24.4 Å². The van der Waals surface area contributed by atoms with Crippen LogP contribution in [0.1, 0.15) is 0 Å². The third kappa shape index (κ3) is 1.64. The molecule has 1 heterocycles. The van der Waals surface area contributed by atoms with Crippen LogP contribution >= 0.6 is 0 Å². The van der Waals surface area contributed by atoms with Gasteiger partial charge >= 0.3 is 0 Å². The van der Waals surface area contributed by atoms with Crippen LogP contribution < -0.4 is 5.56 Å². The molecule has 0 aliphatic heterocycles. The van der Waals surface area contributed by atoms with E-state index in [0.717, 1.165) is 0 Å². The Balaban J connectivity index is 2.55. The molecule has 0 saturated carbocycles. The second kappa shape index (κ2) is 3.41. The molecule has 2 rings (SSSR count). The SMILES string of the molecule is O=c1cc[nH]n1-c1cccc([N+](=O)[O-])c1. The Hall–Kier alpha value is -2.37. The summed E-state index contributed by atoms with van der Waals surface area (Å²) in [7, 11) is 0. The van der Waals surface area contributed by atoms with Crippen molar-refractivity contribution in [2.75, 3.05) is 0 Å². The average molecular weight is 205 g/mol. The fraction of sp³-hybridized carbons (Fsp3) is 0. The van der Waals surface area contributed by atoms with Gasteiger partial charge in [0.15, 0.2) is 0 Å². The summed E-state index contributed by atoms with van der Waals surface area (Å²) in [5, 5.41) is 13.2. The molecule has 0 aliphatic carbocycles. The zero-order valence-corrected chi connectivity index (χ0v) is 7.58. The number of H-pyrrole nitrogens is 1. The van der Waals surface area contributed by atoms with Crippen molar-refractivity contribution in [3.63, 3.8) is 0 Å². The molecule has 0 fully saturated rings. The Kier molecular flexibility index (Phi) is 2.09. The highest BCUT2D eigenvalue weighted by Gasteiger charge is 2.07. The number of hydrogen-bond acceptors (Lipinski definition) is 3. The van der Waals surface area contributed by atoms with Crippen LogP contribution in [0.2, 0.25) is 0 Å². The van der Waals surface area contributed by atoms with Crippen molar-refractivity contribution in [3.05, 3.63) is 57.0 Å². The zero-order valence-electron chi connectivity index (χ0n) is 7.58. The first kappa shape index (κ1) is 9.20. The van der Waals surface area contributed by atoms with Gasteiger partial charge < -0.3 is 0 Å². The fourth-order valence-electron chi connectivity index (χ4n) is 1.27. The smallest absolute Gasteiger partial charge is 0.271 e. The number of nitro groups is 1. The molecular weight excluding hydrogens is 198 g/mol. The summed E-state index contributed by atoms with van der Waals surface area (Å²) in [5.41, 5.74) is 0.142. The maximum Gasteiger partial charge on any atom is 0.271 e. The standard InChI is InChI=1S/C9H7N3O3/c13-9-4-5-10-11(9)7-2-1-3-8(6-7)12(14)15/h1-6,10H. The van der Waals surface area contributed by atoms with E-state index in [0.29, 0.717) is 5.69 Å². The lowest BCUT2D eigenvalue weighted by Gasteiger charge is -2.00. The van der Waals surface area contributed by atoms with E-state index in [4.69, 9.17) is 0 Å². The quantitative estimate of drug-likeness (QED) is 0.588. The lowest BCUT2D eigenvalue weighted by molar-refractivity contribution is -0.384. The van der Waals surface area contributed by atoms with Crippen LogP contribution in [0.25, 0.3) is 5.69 Å². The molecule has 0 unspecified atom stereocenters. The van der Waals surface area contributed by atoms with Gasteiger partial charge in [0.25, 0.3) is 11.2 Å². The maximum atomic E-state index is 11.3. The molecule has 0 radical (unpaired) electrons. The number of hydrogen-bond donors (Lipinski definition) is 1. The van der Waals surface area contributed by atoms with Gasteiger partial charge in [-0.1, -0.05) is 6.07 Å². The van der Waals surface area contributed by atoms with Crippen LogP contribution in [0.15, 0.2) is 41.3 Å². The molecule has 6 nitrogen and oxygen atoms in total. The second-order valence-corrected chi connectivity index (χ2v) is 2.91. The van der Waals surface area contributed by atoms with Crippen LogP contribution in [0.5, 0.6) is 0 Å². The Labute approximate surface area is 83.9 Å². The number of aromatic nitrogens is 2. The summed E-state index contributed by atoms with van der Waals surface area (Å²) >= 11 is 0. The van der Waals surface area contributed by atoms with Gasteiger partial charge in [-0.2, -0.15) is 0 Å². The van der Waals surface area contributed by atoms with Crippen LogP contribution in [-0.4, -0.2) is 14.7 Å². The maximum absolute atomic E-state index is 11.3. The van der Waals surface area contributed by atoms with E-state index in [1.165, 1.54) is 35.1 Å². The monoisotopic (exact) mass is 205 g/mol. The highest BCUT2D eigenvalue weighted by atomic mass is 16.6. The molecule has 0 saturated heterocycles. The molecule has 15 heavy (non-hydrogen) atoms. The fourth-order valence-corrected chi connectivity index (χ4v) is 1.27. The van der Waals surface area contributed by atoms with Crippen LogP contribution in [0.3, 0.4) is 0 Å². The zero-order chi connectivity index (χ0) is 10.8. The van der Waals surface area contributed by atoms with Crippen molar-refractivity contribution in [2.45, 2.75) is 0 Å². The van der Waals surface area contributed by atoms with Gasteiger partial charge in [0.05, 0.1) is 10.6 Å². The first-order chi connectivity index (χ1) is 7.18. The van der Waals surface area contributed by atoms with E-state index in [1.54, 1.807) is 6.07 Å². The third-order valence-corrected chi connectivity index (χ3v) is 1.95. The van der Waals surface area contributed by atoms with Crippen LogP contribution in [0.4, 0.5) is 5.69 Å². The predicted molar refractivity (Wildman–Crippen MR) is 53.0 cm³/mol. The lowest BCUT2D eigenvalue weighted by atomic mass is 10.3. The van der Waals surface area contributed by atoms with Gasteiger partial charge in [-0.3, -0.25) is 20.0 Å². The molecule has 0 spiro atoms. The normalized spacial score (nSPS) is 10.1. The number of non-ortho nitro benzene ring substituents is 1. The number of benzene rings is 1. The summed E-state index contributed by atoms with van der Waals surface area (Å²) in [6.07, 6.45) is 1.47. The van der Waals surface area contributed by atoms with Crippen molar-refractivity contribution in [3.8, 4) is 5.69 Å². The molecular formula is C9H7N3O3. The first-order valence-electron chi connectivity index (χ1n) is 4.20. The Morgan fingerprint density at radius 1 is 1.33 bits per heavy atom. The minimum absolute atomic E-state index is 0.0472. The van der Waals surface area contributed by atoms with Crippen molar-refractivity contribution >= 4 is 5.69 Å². The van der Waals surface area contributed by atoms with Crippen molar-refractivity contribution in [1.82, 2.24) is 9.78 Å². The minimum atomic E-state index is -0.503. The molecule has 0 atom stereocenters. The number of aromatic amines is 1. The second-order valence-electron chi connectivity index (χ2n) is 2.91. The molecule has 1 aromatic carbocycles. The number of nitrogens with one attached hydrogen (secondary N) is 1. The lowest BCUT2D eigenvalue weighted by Crippen LogP contribution is -2.13. The van der Waals surface area contributed by atoms with Crippen molar-refractivity contribution in [1.29, 1.82) is 0 Å². The van der Waals surface area contributed by atoms with E-state index in [2.05, 4.69) is 5.10 Å². The molecule has 0 aliphatic rings. The summed E-state index contributed by atoms with van der Waals surface area (Å²) in [4.78, 5) is 21.3. The van der Waals surface area contributed by atoms with E-state index in [-0.39, 0.29) is 11.2 Å². The van der Waals surface area contributed by atoms with Gasteiger partial charge in [-0.15, -0.1) is 0 Å². The topological polar surface area (TPSA) is 80.9 Å². The van der Waals surface area contributed by atoms with E-state index < -0.39 is 4.92 Å². The Bertz CT molecular complexity index is 555. The minimum Gasteiger partial charge on any atom is -0.298 e. The molecule has 76 valence electrons. The number of nitro benzene ring substituents is 1. The van der Waals surface area contributed by atoms with E-state index in [1.807, 2.05) is 0 Å². The summed E-state index contributed by atoms with van der Waals surface area (Å²) in [6.45, 7) is 0. The van der Waals surface area contributed by atoms with Gasteiger partial charge in [-0.05, 0) is 6.07 Å². The van der Waals surface area contributed by atoms with Crippen molar-refractivity contribution < 1.29 is 4.92 Å². The van der Waals surface area contributed by atoms with Crippen LogP contribution in [-0.2, 0) is 0 Å². The molecule has 0 amide bonds. The highest BCUT2D eigenvalue weighted by Crippen LogP contribution is 2.14. The predicted octanol–water partition coefficient (Wildman–Crippen LogP) is 1.07. The van der Waals surface area contributed by atoms with Gasteiger partial charge in [-0.25, -0.2) is 4.68 Å². The number of nitrogens with zero attached hydrogens (tertiary/aromatic N) is 2. The largest absolute Gasteiger partial charge is 0.298 e. The van der Waals surface area contributed by atoms with E-state index >= 15 is 0 Å². The summed E-state index contributed by atoms with van der Waals surface area (Å²) in [6, 6.07) is 7.19. The molecule has 2 aromatic rings. The summed E-state index contributed by atoms with van der Waals surface area (Å²) < 4.78 is 1.23. The Morgan fingerprint density at radius 2 is 2.13 bits per heavy atom.